The Kier molecular flexibility index (Phi) is 7.42. The molecule has 0 N–H and O–H groups in total. The number of rotatable bonds is 5. The molecule has 194 valence electrons. The first-order chi connectivity index (χ1) is 17.9. The van der Waals surface area contributed by atoms with Crippen molar-refractivity contribution in [2.75, 3.05) is 18.0 Å². The molecule has 1 aliphatic heterocycles. The molecule has 1 unspecified atom stereocenters. The molecule has 5 rings (SSSR count). The van der Waals surface area contributed by atoms with Gasteiger partial charge in [-0.3, -0.25) is 4.98 Å². The molecule has 6 nitrogen and oxygen atoms in total. The van der Waals surface area contributed by atoms with E-state index in [0.29, 0.717) is 22.7 Å². The highest BCUT2D eigenvalue weighted by Crippen LogP contribution is 2.61. The van der Waals surface area contributed by atoms with Crippen LogP contribution in [0.15, 0.2) is 47.0 Å². The van der Waals surface area contributed by atoms with E-state index in [9.17, 15) is 4.91 Å². The third-order valence-electron chi connectivity index (χ3n) is 8.62. The third-order valence-corrected chi connectivity index (χ3v) is 8.62. The summed E-state index contributed by atoms with van der Waals surface area (Å²) in [7, 11) is 0. The predicted octanol–water partition coefficient (Wildman–Crippen LogP) is 6.65. The monoisotopic (exact) mass is 497 g/mol. The SMILES string of the molecule is CC(C)(C)C1C2=C(CCCC2)CC12CCN(c1ncc(C#CCCc3ccncc3)nc1CN=O)CC2. The highest BCUT2D eigenvalue weighted by Gasteiger charge is 2.52. The molecular weight excluding hydrogens is 458 g/mol. The molecule has 2 aliphatic carbocycles. The second-order valence-electron chi connectivity index (χ2n) is 12.1. The molecule has 2 aromatic rings. The van der Waals surface area contributed by atoms with Gasteiger partial charge < -0.3 is 4.90 Å². The summed E-state index contributed by atoms with van der Waals surface area (Å²) in [6, 6.07) is 4.01. The zero-order valence-electron chi connectivity index (χ0n) is 22.6. The zero-order chi connectivity index (χ0) is 25.9. The van der Waals surface area contributed by atoms with Crippen LogP contribution in [0, 0.1) is 33.5 Å². The van der Waals surface area contributed by atoms with Crippen molar-refractivity contribution in [3.8, 4) is 11.8 Å². The summed E-state index contributed by atoms with van der Waals surface area (Å²) in [4.78, 5) is 27.1. The normalized spacial score (nSPS) is 20.9. The van der Waals surface area contributed by atoms with Crippen LogP contribution in [0.25, 0.3) is 0 Å². The number of pyridine rings is 1. The van der Waals surface area contributed by atoms with Crippen molar-refractivity contribution in [2.45, 2.75) is 85.1 Å². The third kappa shape index (κ3) is 5.46. The Morgan fingerprint density at radius 2 is 1.89 bits per heavy atom. The maximum Gasteiger partial charge on any atom is 0.152 e. The van der Waals surface area contributed by atoms with Gasteiger partial charge >= 0.3 is 0 Å². The molecule has 1 fully saturated rings. The van der Waals surface area contributed by atoms with E-state index < -0.39 is 0 Å². The predicted molar refractivity (Wildman–Crippen MR) is 148 cm³/mol. The van der Waals surface area contributed by atoms with Crippen molar-refractivity contribution in [1.82, 2.24) is 15.0 Å². The van der Waals surface area contributed by atoms with Crippen LogP contribution in [-0.4, -0.2) is 28.0 Å². The Morgan fingerprint density at radius 1 is 1.14 bits per heavy atom. The molecule has 1 saturated heterocycles. The lowest BCUT2D eigenvalue weighted by Gasteiger charge is -2.49. The molecule has 3 heterocycles. The van der Waals surface area contributed by atoms with Crippen LogP contribution in [-0.2, 0) is 13.0 Å². The fourth-order valence-corrected chi connectivity index (χ4v) is 7.33. The lowest BCUT2D eigenvalue weighted by atomic mass is 9.59. The van der Waals surface area contributed by atoms with Crippen LogP contribution in [0.5, 0.6) is 0 Å². The van der Waals surface area contributed by atoms with Gasteiger partial charge in [0.1, 0.15) is 17.9 Å². The first-order valence-corrected chi connectivity index (χ1v) is 13.9. The number of allylic oxidation sites excluding steroid dienone is 2. The van der Waals surface area contributed by atoms with Gasteiger partial charge in [0, 0.05) is 31.9 Å². The zero-order valence-corrected chi connectivity index (χ0v) is 22.6. The van der Waals surface area contributed by atoms with Crippen molar-refractivity contribution in [1.29, 1.82) is 0 Å². The first-order valence-electron chi connectivity index (χ1n) is 13.9. The number of anilines is 1. The second-order valence-corrected chi connectivity index (χ2v) is 12.1. The standard InChI is InChI=1S/C31H39N5O/c1-30(2,3)28-26-11-7-5-9-24(26)20-31(28)14-18-36(19-15-31)29-27(22-34-37)35-25(21-33-29)10-6-4-8-23-12-16-32-17-13-23/h12-13,16-17,21,28H,4-5,7-9,11,14-15,18-20,22H2,1-3H3. The number of aryl methyl sites for hydroxylation is 1. The van der Waals surface area contributed by atoms with Crippen LogP contribution in [0.1, 0.15) is 89.1 Å². The summed E-state index contributed by atoms with van der Waals surface area (Å²) in [5.41, 5.74) is 6.67. The topological polar surface area (TPSA) is 71.3 Å². The van der Waals surface area contributed by atoms with Crippen LogP contribution in [0.4, 0.5) is 5.82 Å². The van der Waals surface area contributed by atoms with E-state index in [1.807, 2.05) is 12.1 Å². The largest absolute Gasteiger partial charge is 0.355 e. The molecule has 0 radical (unpaired) electrons. The molecule has 6 heteroatoms. The minimum Gasteiger partial charge on any atom is -0.355 e. The number of hydrogen-bond donors (Lipinski definition) is 0. The average Bonchev–Trinajstić information content (AvgIpc) is 3.22. The van der Waals surface area contributed by atoms with Crippen LogP contribution >= 0.6 is 0 Å². The molecule has 37 heavy (non-hydrogen) atoms. The van der Waals surface area contributed by atoms with Gasteiger partial charge in [-0.25, -0.2) is 9.97 Å². The summed E-state index contributed by atoms with van der Waals surface area (Å²) in [5.74, 6) is 7.80. The summed E-state index contributed by atoms with van der Waals surface area (Å²) in [6.45, 7) is 9.23. The van der Waals surface area contributed by atoms with Crippen molar-refractivity contribution < 1.29 is 0 Å². The van der Waals surface area contributed by atoms with E-state index in [1.54, 1.807) is 29.7 Å². The van der Waals surface area contributed by atoms with Gasteiger partial charge in [-0.15, -0.1) is 0 Å². The summed E-state index contributed by atoms with van der Waals surface area (Å²) in [5, 5.41) is 3.16. The van der Waals surface area contributed by atoms with Gasteiger partial charge in [0.25, 0.3) is 0 Å². The van der Waals surface area contributed by atoms with Gasteiger partial charge in [0.15, 0.2) is 5.82 Å². The minimum absolute atomic E-state index is 0.0248. The maximum absolute atomic E-state index is 11.3. The molecule has 0 saturated carbocycles. The number of piperidine rings is 1. The van der Waals surface area contributed by atoms with E-state index in [0.717, 1.165) is 44.6 Å². The summed E-state index contributed by atoms with van der Waals surface area (Å²) < 4.78 is 0. The van der Waals surface area contributed by atoms with E-state index in [1.165, 1.54) is 37.7 Å². The van der Waals surface area contributed by atoms with Crippen LogP contribution < -0.4 is 4.90 Å². The average molecular weight is 498 g/mol. The van der Waals surface area contributed by atoms with Crippen molar-refractivity contribution in [2.24, 2.45) is 21.9 Å². The van der Waals surface area contributed by atoms with Crippen LogP contribution in [0.3, 0.4) is 0 Å². The molecule has 2 aromatic heterocycles. The van der Waals surface area contributed by atoms with Crippen molar-refractivity contribution in [3.63, 3.8) is 0 Å². The Hall–Kier alpha value is -3.07. The van der Waals surface area contributed by atoms with E-state index in [4.69, 9.17) is 9.97 Å². The number of hydrogen-bond acceptors (Lipinski definition) is 6. The maximum atomic E-state index is 11.3. The highest BCUT2D eigenvalue weighted by atomic mass is 16.3. The smallest absolute Gasteiger partial charge is 0.152 e. The molecule has 1 atom stereocenters. The quantitative estimate of drug-likeness (QED) is 0.263. The Bertz CT molecular complexity index is 1210. The van der Waals surface area contributed by atoms with Gasteiger partial charge in [-0.1, -0.05) is 43.0 Å². The van der Waals surface area contributed by atoms with Gasteiger partial charge in [-0.05, 0) is 91.7 Å². The highest BCUT2D eigenvalue weighted by molar-refractivity contribution is 5.47. The Morgan fingerprint density at radius 3 is 2.62 bits per heavy atom. The summed E-state index contributed by atoms with van der Waals surface area (Å²) in [6.07, 6.45) is 15.9. The van der Waals surface area contributed by atoms with Crippen LogP contribution in [0.2, 0.25) is 0 Å². The van der Waals surface area contributed by atoms with Gasteiger partial charge in [0.05, 0.1) is 6.20 Å². The van der Waals surface area contributed by atoms with E-state index >= 15 is 0 Å². The number of nitrogens with zero attached hydrogens (tertiary/aromatic N) is 5. The Balaban J connectivity index is 1.29. The lowest BCUT2D eigenvalue weighted by Crippen LogP contribution is -2.46. The summed E-state index contributed by atoms with van der Waals surface area (Å²) >= 11 is 0. The molecule has 3 aliphatic rings. The van der Waals surface area contributed by atoms with E-state index in [2.05, 4.69) is 47.7 Å². The number of aromatic nitrogens is 3. The fourth-order valence-electron chi connectivity index (χ4n) is 7.33. The minimum atomic E-state index is 0.0248. The van der Waals surface area contributed by atoms with Crippen molar-refractivity contribution in [3.05, 3.63) is 63.7 Å². The fraction of sp³-hybridized carbons (Fsp3) is 0.581. The van der Waals surface area contributed by atoms with E-state index in [-0.39, 0.29) is 12.0 Å². The first kappa shape index (κ1) is 25.6. The number of nitroso groups, excluding NO2 is 1. The van der Waals surface area contributed by atoms with Crippen molar-refractivity contribution >= 4 is 5.82 Å². The molecule has 1 spiro atoms. The molecular formula is C31H39N5O. The van der Waals surface area contributed by atoms with Gasteiger partial charge in [-0.2, -0.15) is 4.91 Å². The lowest BCUT2D eigenvalue weighted by molar-refractivity contribution is 0.0724. The molecule has 0 amide bonds. The molecule has 0 aromatic carbocycles. The Labute approximate surface area is 221 Å². The molecule has 0 bridgehead atoms. The second kappa shape index (κ2) is 10.7. The van der Waals surface area contributed by atoms with Gasteiger partial charge in [0.2, 0.25) is 0 Å².